The SMILES string of the molecule is COCCCN1CC(C(O)c2cccs2)CC1=O. The molecule has 5 heteroatoms. The lowest BCUT2D eigenvalue weighted by atomic mass is 10.0. The molecule has 2 atom stereocenters. The number of hydrogen-bond donors (Lipinski definition) is 1. The third-order valence-electron chi connectivity index (χ3n) is 3.30. The topological polar surface area (TPSA) is 49.8 Å². The van der Waals surface area contributed by atoms with Crippen LogP contribution in [0.25, 0.3) is 0 Å². The molecule has 1 aliphatic rings. The maximum Gasteiger partial charge on any atom is 0.223 e. The number of carbonyl (C=O) groups is 1. The van der Waals surface area contributed by atoms with Crippen LogP contribution in [-0.4, -0.2) is 42.7 Å². The van der Waals surface area contributed by atoms with Gasteiger partial charge < -0.3 is 14.7 Å². The average Bonchev–Trinajstić information content (AvgIpc) is 2.99. The molecular weight excluding hydrogens is 250 g/mol. The summed E-state index contributed by atoms with van der Waals surface area (Å²) in [5.74, 6) is 0.172. The van der Waals surface area contributed by atoms with Crippen LogP contribution in [0.4, 0.5) is 0 Å². The maximum absolute atomic E-state index is 11.8. The van der Waals surface area contributed by atoms with Gasteiger partial charge in [-0.15, -0.1) is 11.3 Å². The number of carbonyl (C=O) groups excluding carboxylic acids is 1. The van der Waals surface area contributed by atoms with Crippen molar-refractivity contribution in [2.45, 2.75) is 18.9 Å². The lowest BCUT2D eigenvalue weighted by Crippen LogP contribution is -2.27. The zero-order valence-electron chi connectivity index (χ0n) is 10.5. The summed E-state index contributed by atoms with van der Waals surface area (Å²) in [6.07, 6.45) is 0.789. The van der Waals surface area contributed by atoms with Crippen molar-refractivity contribution in [1.82, 2.24) is 4.90 Å². The number of rotatable bonds is 6. The van der Waals surface area contributed by atoms with Crippen molar-refractivity contribution in [2.75, 3.05) is 26.8 Å². The van der Waals surface area contributed by atoms with E-state index in [-0.39, 0.29) is 11.8 Å². The largest absolute Gasteiger partial charge is 0.387 e. The number of methoxy groups -OCH3 is 1. The first-order valence-electron chi connectivity index (χ1n) is 6.20. The molecule has 0 radical (unpaired) electrons. The average molecular weight is 269 g/mol. The van der Waals surface area contributed by atoms with Gasteiger partial charge in [-0.2, -0.15) is 0 Å². The maximum atomic E-state index is 11.8. The second kappa shape index (κ2) is 6.31. The lowest BCUT2D eigenvalue weighted by Gasteiger charge is -2.18. The van der Waals surface area contributed by atoms with E-state index in [4.69, 9.17) is 4.74 Å². The molecule has 1 aromatic rings. The fourth-order valence-corrected chi connectivity index (χ4v) is 3.13. The monoisotopic (exact) mass is 269 g/mol. The Balaban J connectivity index is 1.88. The van der Waals surface area contributed by atoms with Gasteiger partial charge in [-0.05, 0) is 17.9 Å². The van der Waals surface area contributed by atoms with Crippen molar-refractivity contribution in [2.24, 2.45) is 5.92 Å². The van der Waals surface area contributed by atoms with Crippen molar-refractivity contribution < 1.29 is 14.6 Å². The van der Waals surface area contributed by atoms with E-state index in [1.54, 1.807) is 18.4 Å². The fraction of sp³-hybridized carbons (Fsp3) is 0.615. The number of nitrogens with zero attached hydrogens (tertiary/aromatic N) is 1. The van der Waals surface area contributed by atoms with Crippen LogP contribution in [0.2, 0.25) is 0 Å². The second-order valence-electron chi connectivity index (χ2n) is 4.61. The molecule has 0 saturated carbocycles. The first kappa shape index (κ1) is 13.5. The van der Waals surface area contributed by atoms with E-state index < -0.39 is 6.10 Å². The molecule has 4 nitrogen and oxygen atoms in total. The third kappa shape index (κ3) is 3.10. The van der Waals surface area contributed by atoms with Crippen LogP contribution >= 0.6 is 11.3 Å². The Hall–Kier alpha value is -0.910. The van der Waals surface area contributed by atoms with Crippen LogP contribution in [0.15, 0.2) is 17.5 Å². The second-order valence-corrected chi connectivity index (χ2v) is 5.59. The van der Waals surface area contributed by atoms with E-state index in [1.807, 2.05) is 22.4 Å². The molecule has 1 fully saturated rings. The summed E-state index contributed by atoms with van der Waals surface area (Å²) in [5, 5.41) is 12.2. The zero-order valence-corrected chi connectivity index (χ0v) is 11.4. The molecule has 2 rings (SSSR count). The molecule has 18 heavy (non-hydrogen) atoms. The van der Waals surface area contributed by atoms with Gasteiger partial charge in [-0.1, -0.05) is 6.07 Å². The minimum atomic E-state index is -0.513. The lowest BCUT2D eigenvalue weighted by molar-refractivity contribution is -0.127. The van der Waals surface area contributed by atoms with Crippen LogP contribution in [0, 0.1) is 5.92 Å². The number of likely N-dealkylation sites (tertiary alicyclic amines) is 1. The smallest absolute Gasteiger partial charge is 0.223 e. The molecule has 0 spiro atoms. The Kier molecular flexibility index (Phi) is 4.74. The van der Waals surface area contributed by atoms with E-state index in [1.165, 1.54) is 0 Å². The zero-order chi connectivity index (χ0) is 13.0. The molecule has 2 heterocycles. The first-order chi connectivity index (χ1) is 8.72. The highest BCUT2D eigenvalue weighted by Crippen LogP contribution is 2.32. The van der Waals surface area contributed by atoms with Crippen LogP contribution in [0.3, 0.4) is 0 Å². The Morgan fingerprint density at radius 1 is 1.67 bits per heavy atom. The van der Waals surface area contributed by atoms with Gasteiger partial charge in [0.25, 0.3) is 0 Å². The number of thiophene rings is 1. The summed E-state index contributed by atoms with van der Waals surface area (Å²) < 4.78 is 4.98. The van der Waals surface area contributed by atoms with E-state index in [2.05, 4.69) is 0 Å². The quantitative estimate of drug-likeness (QED) is 0.799. The van der Waals surface area contributed by atoms with Gasteiger partial charge in [0.15, 0.2) is 0 Å². The van der Waals surface area contributed by atoms with Crippen molar-refractivity contribution in [3.05, 3.63) is 22.4 Å². The van der Waals surface area contributed by atoms with Crippen molar-refractivity contribution >= 4 is 17.2 Å². The van der Waals surface area contributed by atoms with E-state index >= 15 is 0 Å². The van der Waals surface area contributed by atoms with Crippen LogP contribution in [-0.2, 0) is 9.53 Å². The minimum Gasteiger partial charge on any atom is -0.387 e. The Morgan fingerprint density at radius 2 is 2.50 bits per heavy atom. The molecule has 1 aliphatic heterocycles. The van der Waals surface area contributed by atoms with Crippen LogP contribution in [0.5, 0.6) is 0 Å². The van der Waals surface area contributed by atoms with E-state index in [0.717, 1.165) is 17.8 Å². The molecule has 1 saturated heterocycles. The minimum absolute atomic E-state index is 0.0266. The molecule has 1 N–H and O–H groups in total. The third-order valence-corrected chi connectivity index (χ3v) is 4.25. The van der Waals surface area contributed by atoms with Gasteiger partial charge in [-0.25, -0.2) is 0 Å². The van der Waals surface area contributed by atoms with Gasteiger partial charge in [0.1, 0.15) is 0 Å². The molecule has 1 aromatic heterocycles. The Labute approximate surface area is 111 Å². The first-order valence-corrected chi connectivity index (χ1v) is 7.08. The van der Waals surface area contributed by atoms with Gasteiger partial charge in [0.05, 0.1) is 6.10 Å². The summed E-state index contributed by atoms with van der Waals surface area (Å²) in [4.78, 5) is 14.6. The highest BCUT2D eigenvalue weighted by Gasteiger charge is 2.34. The van der Waals surface area contributed by atoms with Gasteiger partial charge >= 0.3 is 0 Å². The summed E-state index contributed by atoms with van der Waals surface area (Å²) in [6.45, 7) is 2.05. The molecule has 2 unspecified atom stereocenters. The number of aliphatic hydroxyl groups is 1. The van der Waals surface area contributed by atoms with Crippen molar-refractivity contribution in [1.29, 1.82) is 0 Å². The molecule has 100 valence electrons. The molecule has 0 aliphatic carbocycles. The van der Waals surface area contributed by atoms with Gasteiger partial charge in [-0.3, -0.25) is 4.79 Å². The number of ether oxygens (including phenoxy) is 1. The molecule has 1 amide bonds. The molecule has 0 aromatic carbocycles. The fourth-order valence-electron chi connectivity index (χ4n) is 2.32. The Bertz CT molecular complexity index is 380. The molecule has 0 bridgehead atoms. The Morgan fingerprint density at radius 3 is 3.17 bits per heavy atom. The standard InChI is InChI=1S/C13H19NO3S/c1-17-6-3-5-14-9-10(8-12(14)15)13(16)11-4-2-7-18-11/h2,4,7,10,13,16H,3,5-6,8-9H2,1H3. The summed E-state index contributed by atoms with van der Waals surface area (Å²) in [5.41, 5.74) is 0. The van der Waals surface area contributed by atoms with Crippen molar-refractivity contribution in [3.8, 4) is 0 Å². The van der Waals surface area contributed by atoms with Gasteiger partial charge in [0, 0.05) is 44.0 Å². The number of amides is 1. The van der Waals surface area contributed by atoms with Crippen molar-refractivity contribution in [3.63, 3.8) is 0 Å². The van der Waals surface area contributed by atoms with Gasteiger partial charge in [0.2, 0.25) is 5.91 Å². The van der Waals surface area contributed by atoms with Crippen LogP contribution < -0.4 is 0 Å². The predicted molar refractivity (Wildman–Crippen MR) is 70.5 cm³/mol. The summed E-state index contributed by atoms with van der Waals surface area (Å²) in [7, 11) is 1.66. The number of hydrogen-bond acceptors (Lipinski definition) is 4. The predicted octanol–water partition coefficient (Wildman–Crippen LogP) is 1.67. The van der Waals surface area contributed by atoms with E-state index in [9.17, 15) is 9.90 Å². The molecular formula is C13H19NO3S. The summed E-state index contributed by atoms with van der Waals surface area (Å²) in [6, 6.07) is 3.85. The number of aliphatic hydroxyl groups excluding tert-OH is 1. The highest BCUT2D eigenvalue weighted by atomic mass is 32.1. The van der Waals surface area contributed by atoms with E-state index in [0.29, 0.717) is 19.6 Å². The van der Waals surface area contributed by atoms with Crippen LogP contribution in [0.1, 0.15) is 23.8 Å². The highest BCUT2D eigenvalue weighted by molar-refractivity contribution is 7.10. The normalized spacial score (nSPS) is 21.6. The summed E-state index contributed by atoms with van der Waals surface area (Å²) >= 11 is 1.54.